The molecule has 4 heteroatoms. The van der Waals surface area contributed by atoms with Gasteiger partial charge >= 0.3 is 0 Å². The number of nitrogens with one attached hydrogen (secondary N) is 1. The molecule has 20 heavy (non-hydrogen) atoms. The molecule has 0 aliphatic rings. The maximum atomic E-state index is 12.4. The van der Waals surface area contributed by atoms with Gasteiger partial charge in [-0.2, -0.15) is 0 Å². The third kappa shape index (κ3) is 2.91. The summed E-state index contributed by atoms with van der Waals surface area (Å²) in [6.07, 6.45) is 1.90. The van der Waals surface area contributed by atoms with Gasteiger partial charge in [0, 0.05) is 17.9 Å². The van der Waals surface area contributed by atoms with E-state index in [2.05, 4.69) is 5.32 Å². The third-order valence-corrected chi connectivity index (χ3v) is 3.30. The van der Waals surface area contributed by atoms with E-state index in [0.717, 1.165) is 16.8 Å². The van der Waals surface area contributed by atoms with E-state index < -0.39 is 0 Å². The number of carbonyl (C=O) groups excluding carboxylic acids is 1. The van der Waals surface area contributed by atoms with E-state index in [9.17, 15) is 9.90 Å². The van der Waals surface area contributed by atoms with Gasteiger partial charge in [0.1, 0.15) is 5.69 Å². The fraction of sp³-hybridized carbons (Fsp3) is 0.312. The first-order chi connectivity index (χ1) is 9.52. The van der Waals surface area contributed by atoms with E-state index >= 15 is 0 Å². The summed E-state index contributed by atoms with van der Waals surface area (Å²) in [5, 5.41) is 12.1. The van der Waals surface area contributed by atoms with Crippen molar-refractivity contribution in [2.75, 3.05) is 5.32 Å². The topological polar surface area (TPSA) is 54.3 Å². The Morgan fingerprint density at radius 1 is 1.35 bits per heavy atom. The number of hydrogen-bond donors (Lipinski definition) is 2. The lowest BCUT2D eigenvalue weighted by Crippen LogP contribution is -2.18. The van der Waals surface area contributed by atoms with E-state index in [-0.39, 0.29) is 18.6 Å². The summed E-state index contributed by atoms with van der Waals surface area (Å²) >= 11 is 0. The van der Waals surface area contributed by atoms with E-state index in [1.165, 1.54) is 0 Å². The van der Waals surface area contributed by atoms with Crippen LogP contribution in [0.2, 0.25) is 0 Å². The van der Waals surface area contributed by atoms with Gasteiger partial charge in [-0.15, -0.1) is 0 Å². The first kappa shape index (κ1) is 14.3. The first-order valence-electron chi connectivity index (χ1n) is 6.71. The Labute approximate surface area is 119 Å². The van der Waals surface area contributed by atoms with Crippen molar-refractivity contribution < 1.29 is 9.90 Å². The molecule has 2 N–H and O–H groups in total. The average Bonchev–Trinajstić information content (AvgIpc) is 2.90. The van der Waals surface area contributed by atoms with Crippen molar-refractivity contribution in [1.82, 2.24) is 4.57 Å². The molecule has 0 saturated heterocycles. The quantitative estimate of drug-likeness (QED) is 0.898. The molecule has 1 aromatic heterocycles. The van der Waals surface area contributed by atoms with Crippen molar-refractivity contribution in [1.29, 1.82) is 0 Å². The van der Waals surface area contributed by atoms with Crippen LogP contribution in [0.4, 0.5) is 5.69 Å². The van der Waals surface area contributed by atoms with Crippen LogP contribution in [-0.2, 0) is 6.61 Å². The average molecular weight is 272 g/mol. The molecule has 0 atom stereocenters. The molecule has 0 saturated carbocycles. The summed E-state index contributed by atoms with van der Waals surface area (Å²) in [7, 11) is 0. The molecule has 0 unspecified atom stereocenters. The Hall–Kier alpha value is -2.07. The van der Waals surface area contributed by atoms with Crippen LogP contribution in [0.25, 0.3) is 0 Å². The summed E-state index contributed by atoms with van der Waals surface area (Å²) in [6, 6.07) is 9.45. The molecule has 4 nitrogen and oxygen atoms in total. The van der Waals surface area contributed by atoms with Gasteiger partial charge in [-0.25, -0.2) is 0 Å². The molecule has 0 aliphatic carbocycles. The second-order valence-corrected chi connectivity index (χ2v) is 5.16. The zero-order valence-electron chi connectivity index (χ0n) is 12.1. The van der Waals surface area contributed by atoms with Crippen LogP contribution in [0.1, 0.15) is 41.5 Å². The Balaban J connectivity index is 2.25. The molecule has 1 amide bonds. The number of aliphatic hydroxyl groups is 1. The highest BCUT2D eigenvalue weighted by atomic mass is 16.3. The third-order valence-electron chi connectivity index (χ3n) is 3.30. The monoisotopic (exact) mass is 272 g/mol. The summed E-state index contributed by atoms with van der Waals surface area (Å²) in [6.45, 7) is 5.96. The molecule has 0 aliphatic heterocycles. The lowest BCUT2D eigenvalue weighted by Gasteiger charge is -2.14. The molecule has 0 radical (unpaired) electrons. The predicted octanol–water partition coefficient (Wildman–Crippen LogP) is 3.12. The Kier molecular flexibility index (Phi) is 4.25. The van der Waals surface area contributed by atoms with E-state index in [1.807, 2.05) is 49.7 Å². The van der Waals surface area contributed by atoms with Gasteiger partial charge in [0.2, 0.25) is 0 Å². The molecular weight excluding hydrogens is 252 g/mol. The normalized spacial score (nSPS) is 10.8. The van der Waals surface area contributed by atoms with Crippen molar-refractivity contribution in [3.05, 3.63) is 53.3 Å². The van der Waals surface area contributed by atoms with Crippen LogP contribution in [0.5, 0.6) is 0 Å². The maximum absolute atomic E-state index is 12.4. The van der Waals surface area contributed by atoms with E-state index in [4.69, 9.17) is 0 Å². The number of rotatable bonds is 4. The second-order valence-electron chi connectivity index (χ2n) is 5.16. The highest BCUT2D eigenvalue weighted by Gasteiger charge is 2.13. The lowest BCUT2D eigenvalue weighted by molar-refractivity contribution is 0.101. The van der Waals surface area contributed by atoms with Gasteiger partial charge in [-0.1, -0.05) is 12.1 Å². The number of amides is 1. The predicted molar refractivity (Wildman–Crippen MR) is 79.9 cm³/mol. The molecule has 0 fully saturated rings. The Morgan fingerprint density at radius 2 is 2.10 bits per heavy atom. The number of hydrogen-bond acceptors (Lipinski definition) is 2. The zero-order valence-corrected chi connectivity index (χ0v) is 12.1. The Bertz CT molecular complexity index is 615. The smallest absolute Gasteiger partial charge is 0.272 e. The minimum atomic E-state index is -0.137. The first-order valence-corrected chi connectivity index (χ1v) is 6.71. The molecule has 1 heterocycles. The van der Waals surface area contributed by atoms with E-state index in [0.29, 0.717) is 5.69 Å². The molecule has 0 spiro atoms. The SMILES string of the molecule is Cc1ccc(CO)cc1NC(=O)c1cccn1C(C)C. The summed E-state index contributed by atoms with van der Waals surface area (Å²) < 4.78 is 1.93. The van der Waals surface area contributed by atoms with E-state index in [1.54, 1.807) is 12.1 Å². The van der Waals surface area contributed by atoms with Gasteiger partial charge in [0.15, 0.2) is 0 Å². The van der Waals surface area contributed by atoms with Gasteiger partial charge in [-0.3, -0.25) is 4.79 Å². The number of nitrogens with zero attached hydrogens (tertiary/aromatic N) is 1. The van der Waals surface area contributed by atoms with Crippen LogP contribution in [0.15, 0.2) is 36.5 Å². The van der Waals surface area contributed by atoms with Gasteiger partial charge in [-0.05, 0) is 50.1 Å². The minimum absolute atomic E-state index is 0.0362. The Morgan fingerprint density at radius 3 is 2.75 bits per heavy atom. The molecule has 2 aromatic rings. The van der Waals surface area contributed by atoms with Crippen molar-refractivity contribution in [3.8, 4) is 0 Å². The number of benzene rings is 1. The van der Waals surface area contributed by atoms with Crippen molar-refractivity contribution in [3.63, 3.8) is 0 Å². The summed E-state index contributed by atoms with van der Waals surface area (Å²) in [4.78, 5) is 12.4. The number of aryl methyl sites for hydroxylation is 1. The van der Waals surface area contributed by atoms with Crippen LogP contribution < -0.4 is 5.32 Å². The minimum Gasteiger partial charge on any atom is -0.392 e. The number of aliphatic hydroxyl groups excluding tert-OH is 1. The molecule has 106 valence electrons. The molecule has 1 aromatic carbocycles. The molecule has 0 bridgehead atoms. The highest BCUT2D eigenvalue weighted by molar-refractivity contribution is 6.03. The van der Waals surface area contributed by atoms with Crippen LogP contribution in [-0.4, -0.2) is 15.6 Å². The standard InChI is InChI=1S/C16H20N2O2/c1-11(2)18-8-4-5-15(18)16(20)17-14-9-13(10-19)7-6-12(14)3/h4-9,11,19H,10H2,1-3H3,(H,17,20). The summed E-state index contributed by atoms with van der Waals surface area (Å²) in [5.41, 5.74) is 3.12. The fourth-order valence-electron chi connectivity index (χ4n) is 2.13. The largest absolute Gasteiger partial charge is 0.392 e. The van der Waals surface area contributed by atoms with Gasteiger partial charge < -0.3 is 15.0 Å². The van der Waals surface area contributed by atoms with Crippen molar-refractivity contribution >= 4 is 11.6 Å². The summed E-state index contributed by atoms with van der Waals surface area (Å²) in [5.74, 6) is -0.137. The van der Waals surface area contributed by atoms with Crippen molar-refractivity contribution in [2.24, 2.45) is 0 Å². The number of carbonyl (C=O) groups is 1. The second kappa shape index (κ2) is 5.92. The van der Waals surface area contributed by atoms with Crippen LogP contribution in [0.3, 0.4) is 0 Å². The lowest BCUT2D eigenvalue weighted by atomic mass is 10.1. The van der Waals surface area contributed by atoms with Gasteiger partial charge in [0.05, 0.1) is 6.61 Å². The van der Waals surface area contributed by atoms with Crippen molar-refractivity contribution in [2.45, 2.75) is 33.4 Å². The number of aromatic nitrogens is 1. The van der Waals surface area contributed by atoms with Crippen LogP contribution >= 0.6 is 0 Å². The van der Waals surface area contributed by atoms with Gasteiger partial charge in [0.25, 0.3) is 5.91 Å². The van der Waals surface area contributed by atoms with Crippen LogP contribution in [0, 0.1) is 6.92 Å². The number of anilines is 1. The molecular formula is C16H20N2O2. The molecule has 2 rings (SSSR count). The fourth-order valence-corrected chi connectivity index (χ4v) is 2.13. The zero-order chi connectivity index (χ0) is 14.7. The highest BCUT2D eigenvalue weighted by Crippen LogP contribution is 2.19. The maximum Gasteiger partial charge on any atom is 0.272 e.